The van der Waals surface area contributed by atoms with Crippen LogP contribution in [0.25, 0.3) is 5.73 Å². The van der Waals surface area contributed by atoms with E-state index in [9.17, 15) is 9.59 Å². The molecule has 0 aliphatic rings. The molecule has 2 amide bonds. The van der Waals surface area contributed by atoms with E-state index < -0.39 is 6.04 Å². The molecule has 1 aromatic rings. The Kier molecular flexibility index (Phi) is 17.5. The molecule has 0 aromatic heterocycles. The summed E-state index contributed by atoms with van der Waals surface area (Å²) in [7, 11) is 0. The quantitative estimate of drug-likeness (QED) is 0.217. The van der Waals surface area contributed by atoms with Crippen molar-refractivity contribution in [3.63, 3.8) is 0 Å². The molecule has 27 heavy (non-hydrogen) atoms. The van der Waals surface area contributed by atoms with Gasteiger partial charge in [-0.2, -0.15) is 6.54 Å². The first kappa shape index (κ1) is 27.4. The van der Waals surface area contributed by atoms with Crippen LogP contribution in [-0.4, -0.2) is 30.9 Å². The SMILES string of the molecule is C=CCCCNC(=O)[C@@H](CCC[NH-])NC(=O)CCCc1ccc(I)cc1.[Rb+]. The molecule has 0 spiro atoms. The minimum Gasteiger partial charge on any atom is -0.677 e. The summed E-state index contributed by atoms with van der Waals surface area (Å²) in [6, 6.07) is 7.73. The average Bonchev–Trinajstić information content (AvgIpc) is 2.63. The van der Waals surface area contributed by atoms with Crippen molar-refractivity contribution >= 4 is 34.4 Å². The van der Waals surface area contributed by atoms with Gasteiger partial charge in [-0.25, -0.2) is 0 Å². The molecule has 3 N–H and O–H groups in total. The van der Waals surface area contributed by atoms with Crippen molar-refractivity contribution < 1.29 is 67.8 Å². The first-order valence-corrected chi connectivity index (χ1v) is 10.2. The Morgan fingerprint density at radius 3 is 2.52 bits per heavy atom. The van der Waals surface area contributed by atoms with Crippen LogP contribution in [0.3, 0.4) is 0 Å². The fraction of sp³-hybridized carbons (Fsp3) is 0.500. The molecule has 0 radical (unpaired) electrons. The number of hydrogen-bond acceptors (Lipinski definition) is 2. The van der Waals surface area contributed by atoms with E-state index in [0.29, 0.717) is 25.8 Å². The van der Waals surface area contributed by atoms with E-state index in [4.69, 9.17) is 5.73 Å². The van der Waals surface area contributed by atoms with E-state index >= 15 is 0 Å². The number of nitrogens with one attached hydrogen (secondary N) is 3. The van der Waals surface area contributed by atoms with Gasteiger partial charge >= 0.3 is 58.2 Å². The van der Waals surface area contributed by atoms with E-state index in [1.165, 1.54) is 9.13 Å². The van der Waals surface area contributed by atoms with Gasteiger partial charge < -0.3 is 16.4 Å². The fourth-order valence-electron chi connectivity index (χ4n) is 2.53. The minimum absolute atomic E-state index is 0. The Morgan fingerprint density at radius 1 is 1.19 bits per heavy atom. The van der Waals surface area contributed by atoms with Gasteiger partial charge in [-0.15, -0.1) is 6.58 Å². The second kappa shape index (κ2) is 17.3. The van der Waals surface area contributed by atoms with Crippen LogP contribution >= 0.6 is 22.6 Å². The number of benzene rings is 1. The third-order valence-electron chi connectivity index (χ3n) is 3.99. The molecule has 0 unspecified atom stereocenters. The summed E-state index contributed by atoms with van der Waals surface area (Å²) in [6.45, 7) is 4.48. The van der Waals surface area contributed by atoms with Crippen LogP contribution in [0.4, 0.5) is 0 Å². The van der Waals surface area contributed by atoms with Crippen molar-refractivity contribution in [2.45, 2.75) is 51.0 Å². The average molecular weight is 556 g/mol. The summed E-state index contributed by atoms with van der Waals surface area (Å²) in [5.74, 6) is -0.264. The molecule has 0 heterocycles. The molecule has 1 aromatic carbocycles. The van der Waals surface area contributed by atoms with Gasteiger partial charge in [0.1, 0.15) is 6.04 Å². The van der Waals surface area contributed by atoms with Crippen LogP contribution in [0.2, 0.25) is 0 Å². The van der Waals surface area contributed by atoms with Crippen LogP contribution in [0.5, 0.6) is 0 Å². The van der Waals surface area contributed by atoms with E-state index in [2.05, 4.69) is 64.1 Å². The molecule has 7 heteroatoms. The summed E-state index contributed by atoms with van der Waals surface area (Å²) >= 11 is 2.27. The van der Waals surface area contributed by atoms with Gasteiger partial charge in [0.05, 0.1) is 0 Å². The first-order chi connectivity index (χ1) is 12.6. The Bertz CT molecular complexity index is 567. The first-order valence-electron chi connectivity index (χ1n) is 9.13. The standard InChI is InChI=1S/C20H29IN3O2.Rb/c1-2-3-4-15-23-20(26)18(8-6-14-22)24-19(25)9-5-7-16-10-12-17(21)13-11-16;/h2,10-13,18,22H,1,3-9,14-15H2,(H,23,26)(H,24,25);/q-1;+1/t18-;/m1./s1. The Morgan fingerprint density at radius 2 is 1.89 bits per heavy atom. The molecule has 0 fully saturated rings. The number of carbonyl (C=O) groups is 2. The zero-order valence-corrected chi connectivity index (χ0v) is 23.3. The molecule has 5 nitrogen and oxygen atoms in total. The van der Waals surface area contributed by atoms with Crippen molar-refractivity contribution in [1.82, 2.24) is 10.6 Å². The predicted octanol–water partition coefficient (Wildman–Crippen LogP) is 1.02. The number of carbonyl (C=O) groups excluding carboxylic acids is 2. The number of amides is 2. The van der Waals surface area contributed by atoms with Crippen molar-refractivity contribution in [1.29, 1.82) is 0 Å². The van der Waals surface area contributed by atoms with Gasteiger partial charge in [0, 0.05) is 16.5 Å². The monoisotopic (exact) mass is 555 g/mol. The number of hydrogen-bond donors (Lipinski definition) is 2. The largest absolute Gasteiger partial charge is 1.00 e. The maximum Gasteiger partial charge on any atom is 1.00 e. The summed E-state index contributed by atoms with van der Waals surface area (Å²) in [6.07, 6.45) is 6.58. The summed E-state index contributed by atoms with van der Waals surface area (Å²) in [5.41, 5.74) is 8.49. The van der Waals surface area contributed by atoms with Crippen LogP contribution in [0, 0.1) is 3.57 Å². The molecule has 144 valence electrons. The Balaban J connectivity index is 0.00000676. The normalized spacial score (nSPS) is 11.2. The topological polar surface area (TPSA) is 82.0 Å². The minimum atomic E-state index is -0.546. The molecular formula is C20H29IN3O2Rb. The molecule has 0 saturated heterocycles. The molecule has 0 aliphatic carbocycles. The maximum absolute atomic E-state index is 12.3. The van der Waals surface area contributed by atoms with E-state index in [-0.39, 0.29) is 76.5 Å². The predicted molar refractivity (Wildman–Crippen MR) is 115 cm³/mol. The molecular weight excluding hydrogens is 527 g/mol. The van der Waals surface area contributed by atoms with Crippen molar-refractivity contribution in [2.24, 2.45) is 0 Å². The van der Waals surface area contributed by atoms with Gasteiger partial charge in [0.25, 0.3) is 0 Å². The molecule has 0 saturated carbocycles. The van der Waals surface area contributed by atoms with Gasteiger partial charge in [0.15, 0.2) is 0 Å². The second-order valence-electron chi connectivity index (χ2n) is 6.21. The zero-order valence-electron chi connectivity index (χ0n) is 16.2. The molecule has 1 rings (SSSR count). The third-order valence-corrected chi connectivity index (χ3v) is 4.71. The van der Waals surface area contributed by atoms with Crippen LogP contribution < -0.4 is 68.8 Å². The van der Waals surface area contributed by atoms with Crippen LogP contribution in [-0.2, 0) is 16.0 Å². The summed E-state index contributed by atoms with van der Waals surface area (Å²) in [4.78, 5) is 24.5. The summed E-state index contributed by atoms with van der Waals surface area (Å²) in [5, 5.41) is 5.69. The van der Waals surface area contributed by atoms with E-state index in [0.717, 1.165) is 25.7 Å². The number of halogens is 1. The van der Waals surface area contributed by atoms with Crippen molar-refractivity contribution in [2.75, 3.05) is 13.1 Å². The van der Waals surface area contributed by atoms with E-state index in [1.54, 1.807) is 0 Å². The second-order valence-corrected chi connectivity index (χ2v) is 7.46. The van der Waals surface area contributed by atoms with E-state index in [1.807, 2.05) is 6.08 Å². The van der Waals surface area contributed by atoms with Gasteiger partial charge in [-0.05, 0) is 72.4 Å². The van der Waals surface area contributed by atoms with Gasteiger partial charge in [-0.1, -0.05) is 24.6 Å². The zero-order chi connectivity index (χ0) is 19.2. The molecule has 0 aliphatic heterocycles. The maximum atomic E-state index is 12.3. The van der Waals surface area contributed by atoms with Crippen LogP contribution in [0.1, 0.15) is 44.1 Å². The van der Waals surface area contributed by atoms with Crippen LogP contribution in [0.15, 0.2) is 36.9 Å². The van der Waals surface area contributed by atoms with Gasteiger partial charge in [0.2, 0.25) is 11.8 Å². The van der Waals surface area contributed by atoms with Crippen molar-refractivity contribution in [3.8, 4) is 0 Å². The van der Waals surface area contributed by atoms with Crippen molar-refractivity contribution in [3.05, 3.63) is 51.8 Å². The van der Waals surface area contributed by atoms with Gasteiger partial charge in [-0.3, -0.25) is 9.59 Å². The number of aryl methyl sites for hydroxylation is 1. The number of allylic oxidation sites excluding steroid dienone is 1. The summed E-state index contributed by atoms with van der Waals surface area (Å²) < 4.78 is 1.19. The molecule has 0 bridgehead atoms. The fourth-order valence-corrected chi connectivity index (χ4v) is 2.89. The smallest absolute Gasteiger partial charge is 0.677 e. The Labute approximate surface area is 225 Å². The number of unbranched alkanes of at least 4 members (excludes halogenated alkanes) is 1. The number of rotatable bonds is 13. The molecule has 1 atom stereocenters. The third kappa shape index (κ3) is 13.3. The Hall–Kier alpha value is 0.395.